The first-order valence-electron chi connectivity index (χ1n) is 9.47. The summed E-state index contributed by atoms with van der Waals surface area (Å²) in [5.41, 5.74) is 1.21. The average molecular weight is 362 g/mol. The van der Waals surface area contributed by atoms with Crippen LogP contribution in [-0.2, 0) is 0 Å². The molecule has 0 radical (unpaired) electrons. The van der Waals surface area contributed by atoms with Crippen molar-refractivity contribution >= 4 is 11.6 Å². The Hall–Kier alpha value is -1.95. The van der Waals surface area contributed by atoms with Crippen molar-refractivity contribution in [1.82, 2.24) is 15.1 Å². The number of anilines is 1. The first kappa shape index (κ1) is 20.4. The van der Waals surface area contributed by atoms with E-state index in [-0.39, 0.29) is 5.54 Å². The summed E-state index contributed by atoms with van der Waals surface area (Å²) in [6, 6.07) is 8.24. The highest BCUT2D eigenvalue weighted by molar-refractivity contribution is 5.80. The molecule has 1 aliphatic rings. The van der Waals surface area contributed by atoms with Gasteiger partial charge >= 0.3 is 0 Å². The van der Waals surface area contributed by atoms with Gasteiger partial charge in [-0.1, -0.05) is 12.1 Å². The molecule has 0 bridgehead atoms. The number of methoxy groups -OCH3 is 1. The predicted molar refractivity (Wildman–Crippen MR) is 111 cm³/mol. The second-order valence-corrected chi connectivity index (χ2v) is 7.52. The number of ether oxygens (including phenoxy) is 1. The fourth-order valence-electron chi connectivity index (χ4n) is 2.89. The minimum Gasteiger partial charge on any atom is -0.495 e. The zero-order chi connectivity index (χ0) is 19.2. The molecule has 0 unspecified atom stereocenters. The van der Waals surface area contributed by atoms with E-state index >= 15 is 0 Å². The molecule has 6 heteroatoms. The van der Waals surface area contributed by atoms with E-state index in [9.17, 15) is 0 Å². The Morgan fingerprint density at radius 3 is 2.42 bits per heavy atom. The van der Waals surface area contributed by atoms with Crippen LogP contribution in [0.2, 0.25) is 0 Å². The van der Waals surface area contributed by atoms with Gasteiger partial charge in [0.25, 0.3) is 0 Å². The van der Waals surface area contributed by atoms with E-state index in [2.05, 4.69) is 67.0 Å². The van der Waals surface area contributed by atoms with E-state index in [1.54, 1.807) is 7.11 Å². The van der Waals surface area contributed by atoms with Gasteiger partial charge in [-0.3, -0.25) is 4.99 Å². The third-order valence-electron chi connectivity index (χ3n) is 5.17. The lowest BCUT2D eigenvalue weighted by molar-refractivity contribution is 0.204. The van der Waals surface area contributed by atoms with Crippen molar-refractivity contribution < 1.29 is 4.74 Å². The van der Waals surface area contributed by atoms with Crippen molar-refractivity contribution in [2.45, 2.75) is 26.3 Å². The highest BCUT2D eigenvalue weighted by Crippen LogP contribution is 2.28. The normalized spacial score (nSPS) is 16.2. The number of piperazine rings is 1. The van der Waals surface area contributed by atoms with Gasteiger partial charge in [0.1, 0.15) is 5.75 Å². The Labute approximate surface area is 158 Å². The van der Waals surface area contributed by atoms with Gasteiger partial charge in [0.15, 0.2) is 5.96 Å². The van der Waals surface area contributed by atoms with Crippen LogP contribution in [0.3, 0.4) is 0 Å². The van der Waals surface area contributed by atoms with E-state index in [1.807, 2.05) is 12.1 Å². The summed E-state index contributed by atoms with van der Waals surface area (Å²) in [5, 5.41) is 3.46. The molecule has 0 aromatic heterocycles. The molecule has 146 valence electrons. The fraction of sp³-hybridized carbons (Fsp3) is 0.650. The number of benzene rings is 1. The first-order valence-corrected chi connectivity index (χ1v) is 9.47. The Morgan fingerprint density at radius 1 is 1.19 bits per heavy atom. The Kier molecular flexibility index (Phi) is 7.14. The zero-order valence-electron chi connectivity index (χ0n) is 17.2. The van der Waals surface area contributed by atoms with Crippen molar-refractivity contribution in [2.24, 2.45) is 4.99 Å². The standard InChI is InChI=1S/C20H35N5O/c1-7-21-19(22-16-20(2,3)23(4)5)25-14-12-24(13-15-25)17-10-8-9-11-18(17)26-6/h8-11H,7,12-16H2,1-6H3,(H,21,22). The van der Waals surface area contributed by atoms with Gasteiger partial charge in [0, 0.05) is 38.3 Å². The van der Waals surface area contributed by atoms with Crippen molar-refractivity contribution in [1.29, 1.82) is 0 Å². The average Bonchev–Trinajstić information content (AvgIpc) is 2.65. The molecule has 0 atom stereocenters. The van der Waals surface area contributed by atoms with E-state index < -0.39 is 0 Å². The van der Waals surface area contributed by atoms with Crippen LogP contribution in [0.4, 0.5) is 5.69 Å². The molecule has 1 fully saturated rings. The monoisotopic (exact) mass is 361 g/mol. The summed E-state index contributed by atoms with van der Waals surface area (Å²) in [4.78, 5) is 11.9. The molecular formula is C20H35N5O. The maximum Gasteiger partial charge on any atom is 0.194 e. The lowest BCUT2D eigenvalue weighted by atomic mass is 10.1. The minimum atomic E-state index is 0.0416. The van der Waals surface area contributed by atoms with Crippen molar-refractivity contribution in [3.05, 3.63) is 24.3 Å². The Bertz CT molecular complexity index is 592. The number of hydrogen-bond acceptors (Lipinski definition) is 4. The third kappa shape index (κ3) is 5.04. The highest BCUT2D eigenvalue weighted by Gasteiger charge is 2.24. The smallest absolute Gasteiger partial charge is 0.194 e. The molecule has 1 aromatic carbocycles. The minimum absolute atomic E-state index is 0.0416. The van der Waals surface area contributed by atoms with Gasteiger partial charge in [-0.05, 0) is 47.0 Å². The van der Waals surface area contributed by atoms with Gasteiger partial charge in [0.2, 0.25) is 0 Å². The molecular weight excluding hydrogens is 326 g/mol. The van der Waals surface area contributed by atoms with Crippen molar-refractivity contribution in [3.63, 3.8) is 0 Å². The van der Waals surface area contributed by atoms with E-state index in [0.717, 1.165) is 51.0 Å². The molecule has 0 aliphatic carbocycles. The maximum atomic E-state index is 5.51. The number of nitrogens with one attached hydrogen (secondary N) is 1. The van der Waals surface area contributed by atoms with Crippen LogP contribution in [0.5, 0.6) is 5.75 Å². The summed E-state index contributed by atoms with van der Waals surface area (Å²) in [6.45, 7) is 12.0. The fourth-order valence-corrected chi connectivity index (χ4v) is 2.89. The summed E-state index contributed by atoms with van der Waals surface area (Å²) in [6.07, 6.45) is 0. The number of para-hydroxylation sites is 2. The van der Waals surface area contributed by atoms with Crippen molar-refractivity contribution in [2.75, 3.05) is 65.4 Å². The molecule has 6 nitrogen and oxygen atoms in total. The van der Waals surface area contributed by atoms with Crippen molar-refractivity contribution in [3.8, 4) is 5.75 Å². The lowest BCUT2D eigenvalue weighted by Gasteiger charge is -2.38. The second-order valence-electron chi connectivity index (χ2n) is 7.52. The first-order chi connectivity index (χ1) is 12.4. The number of likely N-dealkylation sites (N-methyl/N-ethyl adjacent to an activating group) is 1. The van der Waals surface area contributed by atoms with Gasteiger partial charge in [-0.2, -0.15) is 0 Å². The second kappa shape index (κ2) is 9.12. The molecule has 0 saturated carbocycles. The molecule has 1 heterocycles. The molecule has 1 N–H and O–H groups in total. The maximum absolute atomic E-state index is 5.51. The molecule has 0 spiro atoms. The van der Waals surface area contributed by atoms with Crippen LogP contribution in [0.1, 0.15) is 20.8 Å². The number of aliphatic imine (C=N–C) groups is 1. The number of hydrogen-bond donors (Lipinski definition) is 1. The summed E-state index contributed by atoms with van der Waals surface area (Å²) in [5.74, 6) is 1.95. The van der Waals surface area contributed by atoms with Crippen LogP contribution < -0.4 is 15.0 Å². The SMILES string of the molecule is CCNC(=NCC(C)(C)N(C)C)N1CCN(c2ccccc2OC)CC1. The van der Waals surface area contributed by atoms with Crippen LogP contribution >= 0.6 is 0 Å². The topological polar surface area (TPSA) is 43.3 Å². The third-order valence-corrected chi connectivity index (χ3v) is 5.17. The van der Waals surface area contributed by atoms with Gasteiger partial charge in [-0.25, -0.2) is 0 Å². The van der Waals surface area contributed by atoms with E-state index in [4.69, 9.17) is 9.73 Å². The predicted octanol–water partition coefficient (Wildman–Crippen LogP) is 2.12. The van der Waals surface area contributed by atoms with Crippen LogP contribution in [0, 0.1) is 0 Å². The summed E-state index contributed by atoms with van der Waals surface area (Å²) in [7, 11) is 5.94. The van der Waals surface area contributed by atoms with Gasteiger partial charge in [0.05, 0.1) is 19.3 Å². The Morgan fingerprint density at radius 2 is 1.85 bits per heavy atom. The molecule has 1 aliphatic heterocycles. The molecule has 2 rings (SSSR count). The van der Waals surface area contributed by atoms with Gasteiger partial charge < -0.3 is 24.8 Å². The van der Waals surface area contributed by atoms with E-state index in [0.29, 0.717) is 0 Å². The highest BCUT2D eigenvalue weighted by atomic mass is 16.5. The molecule has 1 saturated heterocycles. The zero-order valence-corrected chi connectivity index (χ0v) is 17.2. The summed E-state index contributed by atoms with van der Waals surface area (Å²) < 4.78 is 5.51. The number of guanidine groups is 1. The van der Waals surface area contributed by atoms with Crippen LogP contribution in [0.25, 0.3) is 0 Å². The molecule has 0 amide bonds. The quantitative estimate of drug-likeness (QED) is 0.621. The number of nitrogens with zero attached hydrogens (tertiary/aromatic N) is 4. The van der Waals surface area contributed by atoms with E-state index in [1.165, 1.54) is 5.69 Å². The molecule has 26 heavy (non-hydrogen) atoms. The lowest BCUT2D eigenvalue weighted by Crippen LogP contribution is -2.53. The summed E-state index contributed by atoms with van der Waals surface area (Å²) >= 11 is 0. The largest absolute Gasteiger partial charge is 0.495 e. The number of rotatable bonds is 6. The Balaban J connectivity index is 2.03. The molecule has 1 aromatic rings. The van der Waals surface area contributed by atoms with Crippen LogP contribution in [-0.4, -0.2) is 81.8 Å². The van der Waals surface area contributed by atoms with Crippen LogP contribution in [0.15, 0.2) is 29.3 Å². The van der Waals surface area contributed by atoms with Gasteiger partial charge in [-0.15, -0.1) is 0 Å².